The summed E-state index contributed by atoms with van der Waals surface area (Å²) in [7, 11) is 5.76. The van der Waals surface area contributed by atoms with Crippen LogP contribution in [0.1, 0.15) is 27.9 Å². The third-order valence-electron chi connectivity index (χ3n) is 5.45. The van der Waals surface area contributed by atoms with Crippen LogP contribution in [0.5, 0.6) is 0 Å². The van der Waals surface area contributed by atoms with E-state index < -0.39 is 11.7 Å². The molecule has 2 heterocycles. The van der Waals surface area contributed by atoms with Gasteiger partial charge < -0.3 is 25.2 Å². The minimum Gasteiger partial charge on any atom is -0.365 e. The average molecular weight is 549 g/mol. The fourth-order valence-corrected chi connectivity index (χ4v) is 3.77. The van der Waals surface area contributed by atoms with Crippen molar-refractivity contribution in [2.45, 2.75) is 19.1 Å². The third-order valence-corrected chi connectivity index (χ3v) is 6.17. The number of nitrogens with zero attached hydrogens (tertiary/aromatic N) is 5. The number of rotatable bonds is 12. The first-order chi connectivity index (χ1) is 18.1. The van der Waals surface area contributed by atoms with Gasteiger partial charge >= 0.3 is 6.18 Å². The number of nitrogens with one attached hydrogen (secondary N) is 3. The van der Waals surface area contributed by atoms with Gasteiger partial charge in [-0.05, 0) is 57.4 Å². The molecule has 0 fully saturated rings. The number of pyridine rings is 1. The molecule has 2 aromatic heterocycles. The van der Waals surface area contributed by atoms with E-state index in [-0.39, 0.29) is 24.2 Å². The molecule has 0 bridgehead atoms. The van der Waals surface area contributed by atoms with E-state index in [1.54, 1.807) is 42.6 Å². The van der Waals surface area contributed by atoms with Gasteiger partial charge in [0.25, 0.3) is 5.91 Å². The molecule has 3 N–H and O–H groups in total. The largest absolute Gasteiger partial charge is 0.421 e. The molecule has 9 nitrogen and oxygen atoms in total. The minimum atomic E-state index is -4.64. The lowest BCUT2D eigenvalue weighted by Crippen LogP contribution is -2.27. The number of anilines is 4. The molecule has 3 rings (SSSR count). The van der Waals surface area contributed by atoms with E-state index in [0.717, 1.165) is 19.2 Å². The topological polar surface area (TPSA) is 98.3 Å². The van der Waals surface area contributed by atoms with Crippen LogP contribution in [-0.4, -0.2) is 66.2 Å². The first-order valence-electron chi connectivity index (χ1n) is 11.8. The number of halogens is 3. The first-order valence-corrected chi connectivity index (χ1v) is 13.0. The normalized spacial score (nSPS) is 11.4. The number of carbonyl (C=O) groups is 1. The van der Waals surface area contributed by atoms with Gasteiger partial charge in [-0.15, -0.1) is 0 Å². The molecule has 0 atom stereocenters. The van der Waals surface area contributed by atoms with Crippen LogP contribution in [0.15, 0.2) is 48.8 Å². The molecule has 0 radical (unpaired) electrons. The Kier molecular flexibility index (Phi) is 10.1. The van der Waals surface area contributed by atoms with Crippen molar-refractivity contribution in [3.05, 3.63) is 65.5 Å². The lowest BCUT2D eigenvalue weighted by atomic mass is 10.2. The molecule has 3 aromatic rings. The molecule has 0 saturated heterocycles. The van der Waals surface area contributed by atoms with Crippen LogP contribution in [0.4, 0.5) is 36.4 Å². The number of benzene rings is 1. The number of carbonyl (C=O) groups excluding carboxylic acids is 1. The van der Waals surface area contributed by atoms with Crippen LogP contribution in [0.2, 0.25) is 0 Å². The Hall–Kier alpha value is -3.58. The SMILES string of the molecule is CSN(C)c1ncccc1CNc1nc(Nc2ccc(C(=O)NCCCN(C)C)cc2)ncc1C(F)(F)F. The Labute approximate surface area is 224 Å². The molecule has 0 aliphatic rings. The van der Waals surface area contributed by atoms with Crippen molar-refractivity contribution in [3.8, 4) is 0 Å². The van der Waals surface area contributed by atoms with Gasteiger partial charge in [-0.3, -0.25) is 4.79 Å². The number of hydrogen-bond acceptors (Lipinski definition) is 9. The standard InChI is InChI=1S/C25H31F3N8OS/c1-35(2)14-6-13-30-23(37)17-8-10-19(11-9-17)33-24-32-16-20(25(26,27)28)21(34-24)31-15-18-7-5-12-29-22(18)36(3)38-4/h5,7-12,16H,6,13-15H2,1-4H3,(H,30,37)(H2,31,32,33,34). The summed E-state index contributed by atoms with van der Waals surface area (Å²) in [5.41, 5.74) is 0.726. The zero-order valence-corrected chi connectivity index (χ0v) is 22.5. The van der Waals surface area contributed by atoms with E-state index in [2.05, 4.69) is 30.9 Å². The highest BCUT2D eigenvalue weighted by Crippen LogP contribution is 2.34. The Morgan fingerprint density at radius 3 is 2.47 bits per heavy atom. The minimum absolute atomic E-state index is 0.0194. The third kappa shape index (κ3) is 8.21. The van der Waals surface area contributed by atoms with Gasteiger partial charge in [0.1, 0.15) is 17.2 Å². The van der Waals surface area contributed by atoms with E-state index in [9.17, 15) is 18.0 Å². The maximum absolute atomic E-state index is 13.7. The van der Waals surface area contributed by atoms with E-state index in [4.69, 9.17) is 0 Å². The first kappa shape index (κ1) is 29.0. The summed E-state index contributed by atoms with van der Waals surface area (Å²) in [5, 5.41) is 8.55. The fraction of sp³-hybridized carbons (Fsp3) is 0.360. The summed E-state index contributed by atoms with van der Waals surface area (Å²) in [6, 6.07) is 10.0. The van der Waals surface area contributed by atoms with Crippen molar-refractivity contribution in [3.63, 3.8) is 0 Å². The Morgan fingerprint density at radius 2 is 1.82 bits per heavy atom. The summed E-state index contributed by atoms with van der Waals surface area (Å²) in [6.45, 7) is 1.50. The monoisotopic (exact) mass is 548 g/mol. The highest BCUT2D eigenvalue weighted by atomic mass is 32.2. The van der Waals surface area contributed by atoms with Gasteiger partial charge in [0.2, 0.25) is 5.95 Å². The summed E-state index contributed by atoms with van der Waals surface area (Å²) < 4.78 is 42.8. The fourth-order valence-electron chi connectivity index (χ4n) is 3.43. The molecule has 204 valence electrons. The molecule has 13 heteroatoms. The molecule has 0 spiro atoms. The Bertz CT molecular complexity index is 1210. The molecule has 1 aromatic carbocycles. The number of alkyl halides is 3. The second-order valence-corrected chi connectivity index (χ2v) is 9.50. The van der Waals surface area contributed by atoms with Crippen LogP contribution in [0.3, 0.4) is 0 Å². The van der Waals surface area contributed by atoms with Crippen molar-refractivity contribution in [1.29, 1.82) is 0 Å². The molecule has 0 aliphatic carbocycles. The van der Waals surface area contributed by atoms with Gasteiger partial charge in [0, 0.05) is 55.6 Å². The number of hydrogen-bond donors (Lipinski definition) is 3. The maximum Gasteiger partial charge on any atom is 0.421 e. The summed E-state index contributed by atoms with van der Waals surface area (Å²) in [4.78, 5) is 26.6. The van der Waals surface area contributed by atoms with Gasteiger partial charge in [0.15, 0.2) is 0 Å². The van der Waals surface area contributed by atoms with Crippen molar-refractivity contribution in [1.82, 2.24) is 25.2 Å². The summed E-state index contributed by atoms with van der Waals surface area (Å²) in [6.07, 6.45) is 0.430. The number of aromatic nitrogens is 3. The van der Waals surface area contributed by atoms with E-state index in [1.807, 2.05) is 36.6 Å². The highest BCUT2D eigenvalue weighted by Gasteiger charge is 2.35. The van der Waals surface area contributed by atoms with E-state index in [0.29, 0.717) is 29.2 Å². The summed E-state index contributed by atoms with van der Waals surface area (Å²) >= 11 is 1.43. The molecule has 1 amide bonds. The molecule has 0 saturated carbocycles. The predicted octanol–water partition coefficient (Wildman–Crippen LogP) is 4.64. The van der Waals surface area contributed by atoms with Crippen molar-refractivity contribution in [2.75, 3.05) is 55.4 Å². The zero-order chi connectivity index (χ0) is 27.7. The molecular formula is C25H31F3N8OS. The molecule has 0 unspecified atom stereocenters. The van der Waals surface area contributed by atoms with Gasteiger partial charge in [-0.2, -0.15) is 18.2 Å². The molecule has 0 aliphatic heterocycles. The van der Waals surface area contributed by atoms with E-state index >= 15 is 0 Å². The van der Waals surface area contributed by atoms with Crippen LogP contribution >= 0.6 is 11.9 Å². The summed E-state index contributed by atoms with van der Waals surface area (Å²) in [5.74, 6) is 0.0594. The second kappa shape index (κ2) is 13.3. The van der Waals surface area contributed by atoms with Gasteiger partial charge in [-0.1, -0.05) is 18.0 Å². The lowest BCUT2D eigenvalue weighted by Gasteiger charge is -2.19. The predicted molar refractivity (Wildman–Crippen MR) is 146 cm³/mol. The van der Waals surface area contributed by atoms with Gasteiger partial charge in [0.05, 0.1) is 0 Å². The highest BCUT2D eigenvalue weighted by molar-refractivity contribution is 7.99. The van der Waals surface area contributed by atoms with Crippen LogP contribution in [0, 0.1) is 0 Å². The quantitative estimate of drug-likeness (QED) is 0.221. The smallest absolute Gasteiger partial charge is 0.365 e. The molecule has 38 heavy (non-hydrogen) atoms. The number of amides is 1. The maximum atomic E-state index is 13.7. The van der Waals surface area contributed by atoms with Crippen molar-refractivity contribution < 1.29 is 18.0 Å². The Morgan fingerprint density at radius 1 is 1.08 bits per heavy atom. The second-order valence-electron chi connectivity index (χ2n) is 8.59. The molecular weight excluding hydrogens is 517 g/mol. The Balaban J connectivity index is 1.72. The van der Waals surface area contributed by atoms with Crippen LogP contribution < -0.4 is 20.3 Å². The van der Waals surface area contributed by atoms with Gasteiger partial charge in [-0.25, -0.2) is 9.97 Å². The van der Waals surface area contributed by atoms with E-state index in [1.165, 1.54) is 11.9 Å². The van der Waals surface area contributed by atoms with Crippen LogP contribution in [-0.2, 0) is 12.7 Å². The van der Waals surface area contributed by atoms with Crippen molar-refractivity contribution >= 4 is 41.1 Å². The lowest BCUT2D eigenvalue weighted by molar-refractivity contribution is -0.137. The van der Waals surface area contributed by atoms with Crippen LogP contribution in [0.25, 0.3) is 0 Å². The van der Waals surface area contributed by atoms with Crippen molar-refractivity contribution in [2.24, 2.45) is 0 Å². The average Bonchev–Trinajstić information content (AvgIpc) is 2.89. The zero-order valence-electron chi connectivity index (χ0n) is 21.6.